The van der Waals surface area contributed by atoms with E-state index in [-0.39, 0.29) is 0 Å². The van der Waals surface area contributed by atoms with Crippen LogP contribution in [-0.4, -0.2) is 6.04 Å². The number of benzene rings is 1. The first kappa shape index (κ1) is 9.72. The van der Waals surface area contributed by atoms with Crippen LogP contribution in [0.3, 0.4) is 0 Å². The molecule has 2 N–H and O–H groups in total. The fraction of sp³-hybridized carbons (Fsp3) is 0.538. The van der Waals surface area contributed by atoms with Gasteiger partial charge in [-0.15, -0.1) is 0 Å². The normalized spacial score (nSPS) is 18.1. The Morgan fingerprint density at radius 2 is 1.86 bits per heavy atom. The Morgan fingerprint density at radius 3 is 2.36 bits per heavy atom. The predicted octanol–water partition coefficient (Wildman–Crippen LogP) is 2.53. The van der Waals surface area contributed by atoms with Crippen LogP contribution in [-0.2, 0) is 12.8 Å². The van der Waals surface area contributed by atoms with Crippen LogP contribution in [0.15, 0.2) is 24.3 Å². The molecule has 1 nitrogen and oxygen atoms in total. The van der Waals surface area contributed by atoms with Gasteiger partial charge in [-0.05, 0) is 49.7 Å². The predicted molar refractivity (Wildman–Crippen MR) is 60.2 cm³/mol. The first-order chi connectivity index (χ1) is 6.75. The van der Waals surface area contributed by atoms with Gasteiger partial charge in [0.15, 0.2) is 0 Å². The molecule has 0 unspecified atom stereocenters. The molecule has 1 aromatic carbocycles. The van der Waals surface area contributed by atoms with Gasteiger partial charge in [0.1, 0.15) is 0 Å². The van der Waals surface area contributed by atoms with Gasteiger partial charge in [0.25, 0.3) is 0 Å². The monoisotopic (exact) mass is 189 g/mol. The van der Waals surface area contributed by atoms with Gasteiger partial charge in [-0.25, -0.2) is 0 Å². The molecule has 1 aliphatic carbocycles. The first-order valence-electron chi connectivity index (χ1n) is 5.58. The highest BCUT2D eigenvalue weighted by Crippen LogP contribution is 2.29. The molecule has 0 spiro atoms. The number of nitrogens with two attached hydrogens (primary N) is 1. The second kappa shape index (κ2) is 4.14. The van der Waals surface area contributed by atoms with E-state index in [2.05, 4.69) is 31.2 Å². The second-order valence-corrected chi connectivity index (χ2v) is 4.60. The lowest BCUT2D eigenvalue weighted by atomic mass is 9.98. The third-order valence-corrected chi connectivity index (χ3v) is 3.17. The van der Waals surface area contributed by atoms with Crippen LogP contribution in [0.5, 0.6) is 0 Å². The zero-order valence-corrected chi connectivity index (χ0v) is 8.87. The summed E-state index contributed by atoms with van der Waals surface area (Å²) in [5.74, 6) is 0.846. The van der Waals surface area contributed by atoms with Gasteiger partial charge in [0, 0.05) is 6.04 Å². The van der Waals surface area contributed by atoms with Crippen LogP contribution in [0, 0.1) is 5.92 Å². The minimum Gasteiger partial charge on any atom is -0.328 e. The summed E-state index contributed by atoms with van der Waals surface area (Å²) >= 11 is 0. The van der Waals surface area contributed by atoms with Crippen molar-refractivity contribution in [2.24, 2.45) is 11.7 Å². The quantitative estimate of drug-likeness (QED) is 0.777. The number of hydrogen-bond acceptors (Lipinski definition) is 1. The molecule has 76 valence electrons. The molecule has 1 atom stereocenters. The van der Waals surface area contributed by atoms with Gasteiger partial charge < -0.3 is 5.73 Å². The van der Waals surface area contributed by atoms with Crippen LogP contribution >= 0.6 is 0 Å². The van der Waals surface area contributed by atoms with Crippen molar-refractivity contribution in [1.82, 2.24) is 0 Å². The Labute approximate surface area is 86.3 Å². The number of rotatable bonds is 3. The summed E-state index contributed by atoms with van der Waals surface area (Å²) < 4.78 is 0. The summed E-state index contributed by atoms with van der Waals surface area (Å²) in [5.41, 5.74) is 8.89. The van der Waals surface area contributed by atoms with Crippen molar-refractivity contribution >= 4 is 0 Å². The lowest BCUT2D eigenvalue weighted by molar-refractivity contribution is 0.466. The van der Waals surface area contributed by atoms with Crippen molar-refractivity contribution in [3.05, 3.63) is 35.4 Å². The first-order valence-corrected chi connectivity index (χ1v) is 5.58. The van der Waals surface area contributed by atoms with E-state index in [1.807, 2.05) is 0 Å². The third kappa shape index (κ3) is 2.16. The van der Waals surface area contributed by atoms with Crippen molar-refractivity contribution in [3.8, 4) is 0 Å². The van der Waals surface area contributed by atoms with E-state index < -0.39 is 0 Å². The molecule has 0 amide bonds. The van der Waals surface area contributed by atoms with Crippen LogP contribution in [0.2, 0.25) is 0 Å². The standard InChI is InChI=1S/C13H19N/c1-10(14)6-7-11-8-12-4-2-3-5-13(12)9-11/h2-5,10-11H,6-9,14H2,1H3/t10-/m1/s1. The van der Waals surface area contributed by atoms with E-state index in [1.165, 1.54) is 25.7 Å². The zero-order chi connectivity index (χ0) is 9.97. The maximum Gasteiger partial charge on any atom is 0.00105 e. The smallest absolute Gasteiger partial charge is 0.00105 e. The molecule has 0 saturated carbocycles. The minimum absolute atomic E-state index is 0.360. The third-order valence-electron chi connectivity index (χ3n) is 3.17. The van der Waals surface area contributed by atoms with Crippen LogP contribution in [0.1, 0.15) is 30.9 Å². The lowest BCUT2D eigenvalue weighted by Gasteiger charge is -2.10. The molecule has 0 saturated heterocycles. The summed E-state index contributed by atoms with van der Waals surface area (Å²) in [6, 6.07) is 9.18. The lowest BCUT2D eigenvalue weighted by Crippen LogP contribution is -2.16. The Hall–Kier alpha value is -0.820. The van der Waals surface area contributed by atoms with Crippen molar-refractivity contribution in [3.63, 3.8) is 0 Å². The summed E-state index contributed by atoms with van der Waals surface area (Å²) in [6.45, 7) is 2.10. The highest BCUT2D eigenvalue weighted by molar-refractivity contribution is 5.31. The van der Waals surface area contributed by atoms with Gasteiger partial charge in [-0.1, -0.05) is 24.3 Å². The zero-order valence-electron chi connectivity index (χ0n) is 8.87. The van der Waals surface area contributed by atoms with E-state index in [0.29, 0.717) is 6.04 Å². The Kier molecular flexibility index (Phi) is 2.87. The Bertz CT molecular complexity index is 279. The molecule has 0 bridgehead atoms. The molecule has 14 heavy (non-hydrogen) atoms. The van der Waals surface area contributed by atoms with Gasteiger partial charge in [0.05, 0.1) is 0 Å². The molecule has 0 radical (unpaired) electrons. The summed E-state index contributed by atoms with van der Waals surface area (Å²) in [7, 11) is 0. The SMILES string of the molecule is C[C@@H](N)CCC1Cc2ccccc2C1. The molecule has 0 aromatic heterocycles. The highest BCUT2D eigenvalue weighted by atomic mass is 14.6. The summed E-state index contributed by atoms with van der Waals surface area (Å²) in [4.78, 5) is 0. The Morgan fingerprint density at radius 1 is 1.29 bits per heavy atom. The summed E-state index contributed by atoms with van der Waals surface area (Å²) in [5, 5.41) is 0. The average Bonchev–Trinajstić information content (AvgIpc) is 2.57. The number of fused-ring (bicyclic) bond motifs is 1. The maximum absolute atomic E-state index is 5.78. The van der Waals surface area contributed by atoms with E-state index in [0.717, 1.165) is 5.92 Å². The van der Waals surface area contributed by atoms with Gasteiger partial charge in [-0.3, -0.25) is 0 Å². The summed E-state index contributed by atoms with van der Waals surface area (Å²) in [6.07, 6.45) is 4.98. The van der Waals surface area contributed by atoms with Crippen molar-refractivity contribution in [1.29, 1.82) is 0 Å². The van der Waals surface area contributed by atoms with Crippen molar-refractivity contribution in [2.45, 2.75) is 38.6 Å². The maximum atomic E-state index is 5.78. The van der Waals surface area contributed by atoms with E-state index in [1.54, 1.807) is 11.1 Å². The van der Waals surface area contributed by atoms with Gasteiger partial charge in [0.2, 0.25) is 0 Å². The number of hydrogen-bond donors (Lipinski definition) is 1. The largest absolute Gasteiger partial charge is 0.328 e. The second-order valence-electron chi connectivity index (χ2n) is 4.60. The highest BCUT2D eigenvalue weighted by Gasteiger charge is 2.20. The van der Waals surface area contributed by atoms with Gasteiger partial charge >= 0.3 is 0 Å². The van der Waals surface area contributed by atoms with E-state index in [4.69, 9.17) is 5.73 Å². The molecule has 0 fully saturated rings. The fourth-order valence-electron chi connectivity index (χ4n) is 2.35. The topological polar surface area (TPSA) is 26.0 Å². The van der Waals surface area contributed by atoms with Crippen LogP contribution in [0.25, 0.3) is 0 Å². The molecule has 1 aliphatic rings. The molecular weight excluding hydrogens is 170 g/mol. The fourth-order valence-corrected chi connectivity index (χ4v) is 2.35. The van der Waals surface area contributed by atoms with E-state index >= 15 is 0 Å². The van der Waals surface area contributed by atoms with Crippen LogP contribution in [0.4, 0.5) is 0 Å². The Balaban J connectivity index is 1.92. The van der Waals surface area contributed by atoms with E-state index in [9.17, 15) is 0 Å². The average molecular weight is 189 g/mol. The molecule has 2 rings (SSSR count). The minimum atomic E-state index is 0.360. The van der Waals surface area contributed by atoms with Crippen LogP contribution < -0.4 is 5.73 Å². The van der Waals surface area contributed by atoms with Crippen molar-refractivity contribution < 1.29 is 0 Å². The molecular formula is C13H19N. The molecule has 1 heteroatoms. The van der Waals surface area contributed by atoms with Gasteiger partial charge in [-0.2, -0.15) is 0 Å². The van der Waals surface area contributed by atoms with Crippen molar-refractivity contribution in [2.75, 3.05) is 0 Å². The molecule has 0 heterocycles. The molecule has 0 aliphatic heterocycles. The molecule has 1 aromatic rings.